The van der Waals surface area contributed by atoms with Gasteiger partial charge in [-0.25, -0.2) is 0 Å². The van der Waals surface area contributed by atoms with Gasteiger partial charge in [0.2, 0.25) is 0 Å². The quantitative estimate of drug-likeness (QED) is 0.795. The molecule has 2 nitrogen and oxygen atoms in total. The topological polar surface area (TPSA) is 27.0 Å². The molecule has 90 valence electrons. The maximum absolute atomic E-state index is 8.87. The monoisotopic (exact) mass is 248 g/mol. The Hall–Kier alpha value is -1.20. The molecule has 1 aliphatic heterocycles. The van der Waals surface area contributed by atoms with E-state index in [4.69, 9.17) is 16.9 Å². The van der Waals surface area contributed by atoms with E-state index < -0.39 is 0 Å². The fourth-order valence-electron chi connectivity index (χ4n) is 2.69. The molecule has 1 aliphatic rings. The normalized spacial score (nSPS) is 22.5. The van der Waals surface area contributed by atoms with Crippen molar-refractivity contribution in [2.45, 2.75) is 32.2 Å². The molecule has 0 aliphatic carbocycles. The molecule has 1 saturated heterocycles. The van der Waals surface area contributed by atoms with Gasteiger partial charge in [-0.05, 0) is 50.5 Å². The second-order valence-electron chi connectivity index (χ2n) is 5.13. The standard InChI is InChI=1S/C14H17ClN2/c1-14(2)11(7-9-16)8-10-17(14)13-5-3-12(15)4-6-13/h3-6,11H,7-8,10H2,1-2H3. The molecule has 1 atom stereocenters. The van der Waals surface area contributed by atoms with Crippen LogP contribution >= 0.6 is 11.6 Å². The molecule has 0 spiro atoms. The Bertz CT molecular complexity index is 431. The Morgan fingerprint density at radius 1 is 1.41 bits per heavy atom. The van der Waals surface area contributed by atoms with Crippen LogP contribution in [0.15, 0.2) is 24.3 Å². The van der Waals surface area contributed by atoms with Gasteiger partial charge in [-0.2, -0.15) is 5.26 Å². The summed E-state index contributed by atoms with van der Waals surface area (Å²) in [4.78, 5) is 2.38. The van der Waals surface area contributed by atoms with Crippen molar-refractivity contribution in [2.24, 2.45) is 5.92 Å². The molecular formula is C14H17ClN2. The number of anilines is 1. The summed E-state index contributed by atoms with van der Waals surface area (Å²) in [5.41, 5.74) is 1.24. The molecule has 1 heterocycles. The van der Waals surface area contributed by atoms with Crippen LogP contribution in [0.2, 0.25) is 5.02 Å². The lowest BCUT2D eigenvalue weighted by atomic mass is 9.86. The summed E-state index contributed by atoms with van der Waals surface area (Å²) >= 11 is 5.91. The fraction of sp³-hybridized carbons (Fsp3) is 0.500. The van der Waals surface area contributed by atoms with Gasteiger partial charge in [0.05, 0.1) is 6.07 Å². The van der Waals surface area contributed by atoms with Gasteiger partial charge >= 0.3 is 0 Å². The lowest BCUT2D eigenvalue weighted by Crippen LogP contribution is -2.42. The number of hydrogen-bond donors (Lipinski definition) is 0. The van der Waals surface area contributed by atoms with Crippen LogP contribution in [0.25, 0.3) is 0 Å². The van der Waals surface area contributed by atoms with E-state index in [0.717, 1.165) is 18.0 Å². The van der Waals surface area contributed by atoms with Crippen LogP contribution in [0.5, 0.6) is 0 Å². The highest BCUT2D eigenvalue weighted by molar-refractivity contribution is 6.30. The molecule has 0 saturated carbocycles. The zero-order chi connectivity index (χ0) is 12.5. The summed E-state index contributed by atoms with van der Waals surface area (Å²) in [6.45, 7) is 5.45. The van der Waals surface area contributed by atoms with E-state index in [1.54, 1.807) is 0 Å². The van der Waals surface area contributed by atoms with E-state index in [-0.39, 0.29) is 5.54 Å². The Morgan fingerprint density at radius 2 is 2.06 bits per heavy atom. The third-order valence-electron chi connectivity index (χ3n) is 3.87. The molecule has 1 unspecified atom stereocenters. The van der Waals surface area contributed by atoms with Gasteiger partial charge < -0.3 is 4.90 Å². The molecule has 2 rings (SSSR count). The predicted octanol–water partition coefficient (Wildman–Crippen LogP) is 3.86. The van der Waals surface area contributed by atoms with Crippen LogP contribution in [0.1, 0.15) is 26.7 Å². The van der Waals surface area contributed by atoms with Gasteiger partial charge in [-0.1, -0.05) is 11.6 Å². The van der Waals surface area contributed by atoms with Gasteiger partial charge in [-0.15, -0.1) is 0 Å². The van der Waals surface area contributed by atoms with Crippen LogP contribution in [0.3, 0.4) is 0 Å². The summed E-state index contributed by atoms with van der Waals surface area (Å²) in [7, 11) is 0. The van der Waals surface area contributed by atoms with Crippen LogP contribution in [0.4, 0.5) is 5.69 Å². The Kier molecular flexibility index (Phi) is 3.31. The lowest BCUT2D eigenvalue weighted by Gasteiger charge is -2.37. The number of rotatable bonds is 2. The summed E-state index contributed by atoms with van der Waals surface area (Å²) in [5.74, 6) is 0.447. The number of hydrogen-bond acceptors (Lipinski definition) is 2. The van der Waals surface area contributed by atoms with E-state index in [1.807, 2.05) is 12.1 Å². The van der Waals surface area contributed by atoms with E-state index in [9.17, 15) is 0 Å². The smallest absolute Gasteiger partial charge is 0.0625 e. The van der Waals surface area contributed by atoms with Crippen LogP contribution in [0, 0.1) is 17.2 Å². The zero-order valence-electron chi connectivity index (χ0n) is 10.3. The second-order valence-corrected chi connectivity index (χ2v) is 5.57. The molecule has 1 aromatic carbocycles. The van der Waals surface area contributed by atoms with Crippen molar-refractivity contribution in [2.75, 3.05) is 11.4 Å². The van der Waals surface area contributed by atoms with E-state index in [2.05, 4.69) is 36.9 Å². The molecule has 0 amide bonds. The Labute approximate surface area is 108 Å². The molecular weight excluding hydrogens is 232 g/mol. The lowest BCUT2D eigenvalue weighted by molar-refractivity contribution is 0.371. The summed E-state index contributed by atoms with van der Waals surface area (Å²) < 4.78 is 0. The second kappa shape index (κ2) is 4.58. The van der Waals surface area contributed by atoms with Crippen LogP contribution in [-0.4, -0.2) is 12.1 Å². The minimum absolute atomic E-state index is 0.0452. The minimum atomic E-state index is 0.0452. The number of nitrogens with zero attached hydrogens (tertiary/aromatic N) is 2. The first-order chi connectivity index (χ1) is 8.05. The van der Waals surface area contributed by atoms with E-state index >= 15 is 0 Å². The van der Waals surface area contributed by atoms with Crippen molar-refractivity contribution >= 4 is 17.3 Å². The van der Waals surface area contributed by atoms with Crippen molar-refractivity contribution in [3.8, 4) is 6.07 Å². The first-order valence-electron chi connectivity index (χ1n) is 5.96. The average Bonchev–Trinajstić information content (AvgIpc) is 2.57. The molecule has 3 heteroatoms. The molecule has 0 radical (unpaired) electrons. The highest BCUT2D eigenvalue weighted by Crippen LogP contribution is 2.39. The highest BCUT2D eigenvalue weighted by Gasteiger charge is 2.40. The van der Waals surface area contributed by atoms with Crippen molar-refractivity contribution in [1.82, 2.24) is 0 Å². The summed E-state index contributed by atoms with van der Waals surface area (Å²) in [5, 5.41) is 9.63. The highest BCUT2D eigenvalue weighted by atomic mass is 35.5. The van der Waals surface area contributed by atoms with Crippen molar-refractivity contribution in [1.29, 1.82) is 5.26 Å². The van der Waals surface area contributed by atoms with Gasteiger partial charge in [0.15, 0.2) is 0 Å². The number of halogens is 1. The predicted molar refractivity (Wildman–Crippen MR) is 71.2 cm³/mol. The largest absolute Gasteiger partial charge is 0.366 e. The van der Waals surface area contributed by atoms with E-state index in [0.29, 0.717) is 12.3 Å². The first kappa shape index (κ1) is 12.3. The van der Waals surface area contributed by atoms with Gasteiger partial charge in [-0.3, -0.25) is 0 Å². The third-order valence-corrected chi connectivity index (χ3v) is 4.12. The zero-order valence-corrected chi connectivity index (χ0v) is 11.0. The fourth-order valence-corrected chi connectivity index (χ4v) is 2.82. The van der Waals surface area contributed by atoms with Gasteiger partial charge in [0.1, 0.15) is 0 Å². The number of nitriles is 1. The Morgan fingerprint density at radius 3 is 2.65 bits per heavy atom. The van der Waals surface area contributed by atoms with Crippen LogP contribution in [-0.2, 0) is 0 Å². The van der Waals surface area contributed by atoms with Gasteiger partial charge in [0, 0.05) is 29.2 Å². The van der Waals surface area contributed by atoms with E-state index in [1.165, 1.54) is 5.69 Å². The maximum atomic E-state index is 8.87. The molecule has 0 aromatic heterocycles. The number of benzene rings is 1. The molecule has 1 fully saturated rings. The maximum Gasteiger partial charge on any atom is 0.0625 e. The first-order valence-corrected chi connectivity index (χ1v) is 6.33. The van der Waals surface area contributed by atoms with Crippen molar-refractivity contribution < 1.29 is 0 Å². The molecule has 17 heavy (non-hydrogen) atoms. The molecule has 0 bridgehead atoms. The Balaban J connectivity index is 2.24. The van der Waals surface area contributed by atoms with Gasteiger partial charge in [0.25, 0.3) is 0 Å². The molecule has 1 aromatic rings. The SMILES string of the molecule is CC1(C)C(CC#N)CCN1c1ccc(Cl)cc1. The third kappa shape index (κ3) is 2.25. The molecule has 0 N–H and O–H groups in total. The summed E-state index contributed by atoms with van der Waals surface area (Å²) in [6.07, 6.45) is 1.72. The van der Waals surface area contributed by atoms with Crippen molar-refractivity contribution in [3.63, 3.8) is 0 Å². The van der Waals surface area contributed by atoms with Crippen LogP contribution < -0.4 is 4.90 Å². The average molecular weight is 249 g/mol. The van der Waals surface area contributed by atoms with Crippen molar-refractivity contribution in [3.05, 3.63) is 29.3 Å². The minimum Gasteiger partial charge on any atom is -0.366 e. The summed E-state index contributed by atoms with van der Waals surface area (Å²) in [6, 6.07) is 10.2.